The molecule has 6 heteroatoms. The Labute approximate surface area is 162 Å². The van der Waals surface area contributed by atoms with Crippen LogP contribution in [0.25, 0.3) is 11.0 Å². The number of methoxy groups -OCH3 is 1. The van der Waals surface area contributed by atoms with Gasteiger partial charge in [-0.1, -0.05) is 30.3 Å². The molecule has 1 amide bonds. The average Bonchev–Trinajstić information content (AvgIpc) is 2.99. The number of rotatable bonds is 5. The SMILES string of the molecule is COc1ccc2c(=O)c3c(oc2c1)C(=O)N(CCN(C)C)[C@H]3c1ccccc1. The third-order valence-electron chi connectivity index (χ3n) is 5.08. The Balaban J connectivity index is 1.93. The number of nitrogens with zero attached hydrogens (tertiary/aromatic N) is 2. The van der Waals surface area contributed by atoms with Gasteiger partial charge in [-0.15, -0.1) is 0 Å². The predicted octanol–water partition coefficient (Wildman–Crippen LogP) is 2.91. The lowest BCUT2D eigenvalue weighted by molar-refractivity contribution is 0.0716. The van der Waals surface area contributed by atoms with E-state index in [1.165, 1.54) is 0 Å². The highest BCUT2D eigenvalue weighted by Gasteiger charge is 2.42. The minimum Gasteiger partial charge on any atom is -0.497 e. The van der Waals surface area contributed by atoms with Crippen LogP contribution in [0.3, 0.4) is 0 Å². The molecule has 2 aromatic carbocycles. The molecule has 0 aliphatic carbocycles. The quantitative estimate of drug-likeness (QED) is 0.683. The van der Waals surface area contributed by atoms with E-state index in [1.54, 1.807) is 30.2 Å². The Kier molecular flexibility index (Phi) is 4.65. The minimum atomic E-state index is -0.452. The summed E-state index contributed by atoms with van der Waals surface area (Å²) in [7, 11) is 5.45. The normalized spacial score (nSPS) is 16.1. The van der Waals surface area contributed by atoms with Crippen LogP contribution in [0.1, 0.15) is 27.7 Å². The van der Waals surface area contributed by atoms with Gasteiger partial charge in [-0.3, -0.25) is 9.59 Å². The van der Waals surface area contributed by atoms with Gasteiger partial charge in [0.05, 0.1) is 24.1 Å². The van der Waals surface area contributed by atoms with E-state index in [0.717, 1.165) is 5.56 Å². The van der Waals surface area contributed by atoms with Gasteiger partial charge in [0.25, 0.3) is 5.91 Å². The van der Waals surface area contributed by atoms with Gasteiger partial charge in [-0.25, -0.2) is 0 Å². The van der Waals surface area contributed by atoms with Crippen molar-refractivity contribution in [3.8, 4) is 5.75 Å². The number of ether oxygens (including phenoxy) is 1. The summed E-state index contributed by atoms with van der Waals surface area (Å²) in [5.74, 6) is 0.441. The lowest BCUT2D eigenvalue weighted by Gasteiger charge is -2.26. The van der Waals surface area contributed by atoms with Crippen LogP contribution in [0.15, 0.2) is 57.7 Å². The Morgan fingerprint density at radius 3 is 2.54 bits per heavy atom. The van der Waals surface area contributed by atoms with Crippen molar-refractivity contribution in [2.24, 2.45) is 0 Å². The summed E-state index contributed by atoms with van der Waals surface area (Å²) in [6, 6.07) is 14.2. The van der Waals surface area contributed by atoms with Crippen LogP contribution < -0.4 is 10.2 Å². The number of carbonyl (C=O) groups is 1. The summed E-state index contributed by atoms with van der Waals surface area (Å²) < 4.78 is 11.2. The fourth-order valence-corrected chi connectivity index (χ4v) is 3.65. The standard InChI is InChI=1S/C22H22N2O4/c1-23(2)11-12-24-19(14-7-5-4-6-8-14)18-20(25)16-10-9-15(27-3)13-17(16)28-21(18)22(24)26/h4-10,13,19H,11-12H2,1-3H3/t19-/m0/s1. The zero-order valence-electron chi connectivity index (χ0n) is 16.1. The molecule has 0 saturated carbocycles. The number of benzene rings is 2. The van der Waals surface area contributed by atoms with E-state index in [-0.39, 0.29) is 17.1 Å². The van der Waals surface area contributed by atoms with E-state index in [9.17, 15) is 9.59 Å². The smallest absolute Gasteiger partial charge is 0.290 e. The van der Waals surface area contributed by atoms with Crippen LogP contribution in [0.4, 0.5) is 0 Å². The first-order chi connectivity index (χ1) is 13.5. The van der Waals surface area contributed by atoms with Gasteiger partial charge in [0.2, 0.25) is 5.76 Å². The van der Waals surface area contributed by atoms with Crippen LogP contribution >= 0.6 is 0 Å². The molecule has 6 nitrogen and oxygen atoms in total. The summed E-state index contributed by atoms with van der Waals surface area (Å²) >= 11 is 0. The summed E-state index contributed by atoms with van der Waals surface area (Å²) in [5.41, 5.74) is 1.49. The van der Waals surface area contributed by atoms with Crippen LogP contribution in [0.2, 0.25) is 0 Å². The molecular weight excluding hydrogens is 356 g/mol. The second kappa shape index (κ2) is 7.13. The maximum Gasteiger partial charge on any atom is 0.290 e. The highest BCUT2D eigenvalue weighted by molar-refractivity contribution is 5.99. The van der Waals surface area contributed by atoms with Gasteiger partial charge in [-0.05, 0) is 31.8 Å². The van der Waals surface area contributed by atoms with Crippen molar-refractivity contribution in [2.45, 2.75) is 6.04 Å². The van der Waals surface area contributed by atoms with Gasteiger partial charge in [0.15, 0.2) is 5.43 Å². The van der Waals surface area contributed by atoms with Gasteiger partial charge in [0.1, 0.15) is 11.3 Å². The molecule has 4 rings (SSSR count). The van der Waals surface area contributed by atoms with E-state index in [1.807, 2.05) is 49.3 Å². The van der Waals surface area contributed by atoms with Crippen molar-refractivity contribution >= 4 is 16.9 Å². The van der Waals surface area contributed by atoms with E-state index >= 15 is 0 Å². The molecule has 144 valence electrons. The molecule has 2 heterocycles. The summed E-state index contributed by atoms with van der Waals surface area (Å²) in [4.78, 5) is 30.3. The van der Waals surface area contributed by atoms with Gasteiger partial charge in [0, 0.05) is 19.2 Å². The summed E-state index contributed by atoms with van der Waals surface area (Å²) in [5, 5.41) is 0.447. The zero-order valence-corrected chi connectivity index (χ0v) is 16.1. The van der Waals surface area contributed by atoms with Crippen molar-refractivity contribution < 1.29 is 13.9 Å². The number of carbonyl (C=O) groups excluding carboxylic acids is 1. The van der Waals surface area contributed by atoms with E-state index in [4.69, 9.17) is 9.15 Å². The zero-order chi connectivity index (χ0) is 19.8. The van der Waals surface area contributed by atoms with Gasteiger partial charge in [-0.2, -0.15) is 0 Å². The van der Waals surface area contributed by atoms with Crippen LogP contribution in [-0.4, -0.2) is 50.0 Å². The second-order valence-corrected chi connectivity index (χ2v) is 7.15. The highest BCUT2D eigenvalue weighted by Crippen LogP contribution is 2.38. The van der Waals surface area contributed by atoms with Crippen LogP contribution in [0, 0.1) is 0 Å². The molecule has 1 aromatic heterocycles. The lowest BCUT2D eigenvalue weighted by atomic mass is 9.98. The van der Waals surface area contributed by atoms with Crippen molar-refractivity contribution in [3.05, 3.63) is 75.6 Å². The predicted molar refractivity (Wildman–Crippen MR) is 107 cm³/mol. The number of fused-ring (bicyclic) bond motifs is 2. The van der Waals surface area contributed by atoms with Crippen molar-refractivity contribution in [2.75, 3.05) is 34.3 Å². The molecular formula is C22H22N2O4. The molecule has 0 radical (unpaired) electrons. The van der Waals surface area contributed by atoms with Gasteiger partial charge >= 0.3 is 0 Å². The summed E-state index contributed by atoms with van der Waals surface area (Å²) in [6.07, 6.45) is 0. The molecule has 28 heavy (non-hydrogen) atoms. The topological polar surface area (TPSA) is 63.0 Å². The van der Waals surface area contributed by atoms with Crippen LogP contribution in [-0.2, 0) is 0 Å². The number of amides is 1. The molecule has 0 saturated heterocycles. The molecule has 0 N–H and O–H groups in total. The van der Waals surface area contributed by atoms with E-state index in [2.05, 4.69) is 0 Å². The molecule has 0 fully saturated rings. The largest absolute Gasteiger partial charge is 0.497 e. The molecule has 0 spiro atoms. The average molecular weight is 378 g/mol. The molecule has 3 aromatic rings. The van der Waals surface area contributed by atoms with E-state index < -0.39 is 6.04 Å². The third-order valence-corrected chi connectivity index (χ3v) is 5.08. The Morgan fingerprint density at radius 2 is 1.86 bits per heavy atom. The number of hydrogen-bond acceptors (Lipinski definition) is 5. The van der Waals surface area contributed by atoms with Crippen molar-refractivity contribution in [1.29, 1.82) is 0 Å². The minimum absolute atomic E-state index is 0.123. The molecule has 1 aliphatic rings. The number of hydrogen-bond donors (Lipinski definition) is 0. The van der Waals surface area contributed by atoms with Crippen molar-refractivity contribution in [3.63, 3.8) is 0 Å². The van der Waals surface area contributed by atoms with Gasteiger partial charge < -0.3 is 19.0 Å². The first-order valence-electron chi connectivity index (χ1n) is 9.16. The molecule has 1 aliphatic heterocycles. The Bertz CT molecular complexity index is 1090. The monoisotopic (exact) mass is 378 g/mol. The molecule has 0 unspecified atom stereocenters. The lowest BCUT2D eigenvalue weighted by Crippen LogP contribution is -2.35. The maximum atomic E-state index is 13.3. The fraction of sp³-hybridized carbons (Fsp3) is 0.273. The summed E-state index contributed by atoms with van der Waals surface area (Å²) in [6.45, 7) is 1.18. The fourth-order valence-electron chi connectivity index (χ4n) is 3.65. The van der Waals surface area contributed by atoms with E-state index in [0.29, 0.717) is 35.4 Å². The second-order valence-electron chi connectivity index (χ2n) is 7.15. The number of likely N-dealkylation sites (N-methyl/N-ethyl adjacent to an activating group) is 1. The maximum absolute atomic E-state index is 13.3. The first kappa shape index (κ1) is 18.3. The third kappa shape index (κ3) is 2.96. The van der Waals surface area contributed by atoms with Crippen LogP contribution in [0.5, 0.6) is 5.75 Å². The molecule has 1 atom stereocenters. The molecule has 0 bridgehead atoms. The highest BCUT2D eigenvalue weighted by atomic mass is 16.5. The first-order valence-corrected chi connectivity index (χ1v) is 9.16. The Hall–Kier alpha value is -3.12. The van der Waals surface area contributed by atoms with Crippen molar-refractivity contribution in [1.82, 2.24) is 9.80 Å². The Morgan fingerprint density at radius 1 is 1.11 bits per heavy atom.